The molecule has 0 bridgehead atoms. The zero-order valence-corrected chi connectivity index (χ0v) is 7.27. The van der Waals surface area contributed by atoms with Crippen molar-refractivity contribution in [2.75, 3.05) is 5.73 Å². The van der Waals surface area contributed by atoms with Crippen molar-refractivity contribution in [1.29, 1.82) is 0 Å². The molecule has 68 valence electrons. The van der Waals surface area contributed by atoms with E-state index in [1.807, 2.05) is 24.3 Å². The predicted octanol–water partition coefficient (Wildman–Crippen LogP) is 1.04. The van der Waals surface area contributed by atoms with Gasteiger partial charge in [-0.2, -0.15) is 0 Å². The SMILES string of the molecule is N/C=C\C=C(/N)c1ccc(N)cc1. The summed E-state index contributed by atoms with van der Waals surface area (Å²) in [4.78, 5) is 0. The second-order valence-corrected chi connectivity index (χ2v) is 2.63. The van der Waals surface area contributed by atoms with Crippen LogP contribution in [-0.2, 0) is 0 Å². The molecule has 0 heterocycles. The van der Waals surface area contributed by atoms with E-state index in [-0.39, 0.29) is 0 Å². The molecule has 0 aromatic heterocycles. The average molecular weight is 175 g/mol. The van der Waals surface area contributed by atoms with Crippen molar-refractivity contribution >= 4 is 11.4 Å². The van der Waals surface area contributed by atoms with Gasteiger partial charge in [0, 0.05) is 11.4 Å². The molecule has 0 aliphatic rings. The Morgan fingerprint density at radius 3 is 2.31 bits per heavy atom. The lowest BCUT2D eigenvalue weighted by Crippen LogP contribution is -1.96. The molecule has 0 aliphatic carbocycles. The highest BCUT2D eigenvalue weighted by Gasteiger charge is 1.93. The van der Waals surface area contributed by atoms with Crippen LogP contribution in [0, 0.1) is 0 Å². The largest absolute Gasteiger partial charge is 0.405 e. The van der Waals surface area contributed by atoms with Gasteiger partial charge >= 0.3 is 0 Å². The Labute approximate surface area is 77.5 Å². The first-order chi connectivity index (χ1) is 6.24. The number of nitrogen functional groups attached to an aromatic ring is 1. The number of anilines is 1. The fourth-order valence-electron chi connectivity index (χ4n) is 0.931. The quantitative estimate of drug-likeness (QED) is 0.464. The van der Waals surface area contributed by atoms with Gasteiger partial charge in [-0.15, -0.1) is 0 Å². The topological polar surface area (TPSA) is 78.1 Å². The summed E-state index contributed by atoms with van der Waals surface area (Å²) in [5.74, 6) is 0. The molecule has 3 nitrogen and oxygen atoms in total. The van der Waals surface area contributed by atoms with Gasteiger partial charge in [0.25, 0.3) is 0 Å². The van der Waals surface area contributed by atoms with Gasteiger partial charge in [0.15, 0.2) is 0 Å². The predicted molar refractivity (Wildman–Crippen MR) is 56.3 cm³/mol. The first kappa shape index (κ1) is 9.19. The van der Waals surface area contributed by atoms with Gasteiger partial charge in [0.1, 0.15) is 0 Å². The lowest BCUT2D eigenvalue weighted by atomic mass is 10.1. The summed E-state index contributed by atoms with van der Waals surface area (Å²) >= 11 is 0. The van der Waals surface area contributed by atoms with Crippen molar-refractivity contribution in [3.63, 3.8) is 0 Å². The van der Waals surface area contributed by atoms with E-state index in [1.165, 1.54) is 6.20 Å². The van der Waals surface area contributed by atoms with Gasteiger partial charge in [-0.3, -0.25) is 0 Å². The Kier molecular flexibility index (Phi) is 2.97. The number of hydrogen-bond acceptors (Lipinski definition) is 3. The van der Waals surface area contributed by atoms with Crippen LogP contribution in [0.4, 0.5) is 5.69 Å². The second-order valence-electron chi connectivity index (χ2n) is 2.63. The summed E-state index contributed by atoms with van der Waals surface area (Å²) in [6, 6.07) is 7.35. The van der Waals surface area contributed by atoms with Crippen molar-refractivity contribution in [3.05, 3.63) is 48.2 Å². The number of nitrogens with two attached hydrogens (primary N) is 3. The summed E-state index contributed by atoms with van der Waals surface area (Å²) in [6.07, 6.45) is 4.86. The Bertz CT molecular complexity index is 323. The van der Waals surface area contributed by atoms with E-state index in [4.69, 9.17) is 17.2 Å². The zero-order chi connectivity index (χ0) is 9.68. The standard InChI is InChI=1S/C10H13N3/c11-7-1-2-10(13)8-3-5-9(12)6-4-8/h1-7H,11-13H2/b7-1-,10-2-. The summed E-state index contributed by atoms with van der Waals surface area (Å²) in [7, 11) is 0. The van der Waals surface area contributed by atoms with Crippen LogP contribution >= 0.6 is 0 Å². The van der Waals surface area contributed by atoms with Crippen LogP contribution < -0.4 is 17.2 Å². The Morgan fingerprint density at radius 2 is 1.77 bits per heavy atom. The fraction of sp³-hybridized carbons (Fsp3) is 0. The van der Waals surface area contributed by atoms with E-state index >= 15 is 0 Å². The highest BCUT2D eigenvalue weighted by atomic mass is 14.6. The molecule has 0 fully saturated rings. The first-order valence-electron chi connectivity index (χ1n) is 3.94. The number of rotatable bonds is 2. The van der Waals surface area contributed by atoms with Gasteiger partial charge in [-0.05, 0) is 36.0 Å². The third-order valence-corrected chi connectivity index (χ3v) is 1.63. The van der Waals surface area contributed by atoms with Crippen LogP contribution in [0.3, 0.4) is 0 Å². The van der Waals surface area contributed by atoms with Crippen molar-refractivity contribution in [2.45, 2.75) is 0 Å². The van der Waals surface area contributed by atoms with Crippen molar-refractivity contribution < 1.29 is 0 Å². The monoisotopic (exact) mass is 175 g/mol. The highest BCUT2D eigenvalue weighted by molar-refractivity contribution is 5.65. The summed E-state index contributed by atoms with van der Waals surface area (Å²) in [5, 5.41) is 0. The van der Waals surface area contributed by atoms with E-state index in [0.717, 1.165) is 11.3 Å². The molecule has 1 rings (SSSR count). The maximum Gasteiger partial charge on any atom is 0.0388 e. The van der Waals surface area contributed by atoms with Gasteiger partial charge in [0.2, 0.25) is 0 Å². The van der Waals surface area contributed by atoms with Crippen LogP contribution in [-0.4, -0.2) is 0 Å². The average Bonchev–Trinajstić information content (AvgIpc) is 2.15. The minimum atomic E-state index is 0.668. The number of benzene rings is 1. The van der Waals surface area contributed by atoms with Crippen LogP contribution in [0.15, 0.2) is 42.6 Å². The molecule has 6 N–H and O–H groups in total. The number of hydrogen-bond donors (Lipinski definition) is 3. The molecule has 0 radical (unpaired) electrons. The van der Waals surface area contributed by atoms with Crippen molar-refractivity contribution in [2.24, 2.45) is 11.5 Å². The third kappa shape index (κ3) is 2.56. The van der Waals surface area contributed by atoms with E-state index in [0.29, 0.717) is 5.70 Å². The smallest absolute Gasteiger partial charge is 0.0388 e. The molecule has 0 saturated heterocycles. The van der Waals surface area contributed by atoms with Crippen molar-refractivity contribution in [3.8, 4) is 0 Å². The molecule has 0 saturated carbocycles. The lowest BCUT2D eigenvalue weighted by molar-refractivity contribution is 1.51. The molecule has 13 heavy (non-hydrogen) atoms. The van der Waals surface area contributed by atoms with Crippen molar-refractivity contribution in [1.82, 2.24) is 0 Å². The van der Waals surface area contributed by atoms with Crippen LogP contribution in [0.5, 0.6) is 0 Å². The van der Waals surface area contributed by atoms with E-state index in [1.54, 1.807) is 12.2 Å². The second kappa shape index (κ2) is 4.21. The van der Waals surface area contributed by atoms with Gasteiger partial charge in [-0.25, -0.2) is 0 Å². The normalized spacial score (nSPS) is 12.2. The number of allylic oxidation sites excluding steroid dienone is 2. The van der Waals surface area contributed by atoms with Gasteiger partial charge < -0.3 is 17.2 Å². The summed E-state index contributed by atoms with van der Waals surface area (Å²) in [6.45, 7) is 0. The highest BCUT2D eigenvalue weighted by Crippen LogP contribution is 2.11. The molecule has 0 unspecified atom stereocenters. The Morgan fingerprint density at radius 1 is 1.15 bits per heavy atom. The van der Waals surface area contributed by atoms with Crippen LogP contribution in [0.2, 0.25) is 0 Å². The molecule has 1 aromatic carbocycles. The Hall–Kier alpha value is -1.90. The molecule has 3 heteroatoms. The molecular formula is C10H13N3. The minimum absolute atomic E-state index is 0.668. The molecule has 0 amide bonds. The molecule has 0 aliphatic heterocycles. The molecular weight excluding hydrogens is 162 g/mol. The molecule has 1 aromatic rings. The summed E-state index contributed by atoms with van der Waals surface area (Å²) in [5.41, 5.74) is 18.8. The zero-order valence-electron chi connectivity index (χ0n) is 7.27. The van der Waals surface area contributed by atoms with Gasteiger partial charge in [-0.1, -0.05) is 12.1 Å². The molecule has 0 spiro atoms. The van der Waals surface area contributed by atoms with Crippen LogP contribution in [0.1, 0.15) is 5.56 Å². The maximum atomic E-state index is 5.74. The minimum Gasteiger partial charge on any atom is -0.405 e. The van der Waals surface area contributed by atoms with E-state index in [2.05, 4.69) is 0 Å². The maximum absolute atomic E-state index is 5.74. The Balaban J connectivity index is 2.89. The lowest BCUT2D eigenvalue weighted by Gasteiger charge is -2.00. The first-order valence-corrected chi connectivity index (χ1v) is 3.94. The summed E-state index contributed by atoms with van der Waals surface area (Å²) < 4.78 is 0. The van der Waals surface area contributed by atoms with Gasteiger partial charge in [0.05, 0.1) is 0 Å². The van der Waals surface area contributed by atoms with E-state index in [9.17, 15) is 0 Å². The molecule has 0 atom stereocenters. The third-order valence-electron chi connectivity index (χ3n) is 1.63. The fourth-order valence-corrected chi connectivity index (χ4v) is 0.931. The van der Waals surface area contributed by atoms with E-state index < -0.39 is 0 Å². The van der Waals surface area contributed by atoms with Crippen LogP contribution in [0.25, 0.3) is 5.70 Å².